The lowest BCUT2D eigenvalue weighted by atomic mass is 9.96. The summed E-state index contributed by atoms with van der Waals surface area (Å²) in [6.45, 7) is 2.26. The number of likely N-dealkylation sites (tertiary alicyclic amines) is 1. The van der Waals surface area contributed by atoms with E-state index in [0.717, 1.165) is 25.9 Å². The number of methoxy groups -OCH3 is 2. The highest BCUT2D eigenvalue weighted by atomic mass is 16.5. The summed E-state index contributed by atoms with van der Waals surface area (Å²) in [4.78, 5) is 25.5. The largest absolute Gasteiger partial charge is 0.497 e. The number of rotatable bonds is 7. The maximum Gasteiger partial charge on any atom is 0.225 e. The van der Waals surface area contributed by atoms with Crippen LogP contribution in [0.3, 0.4) is 0 Å². The zero-order valence-corrected chi connectivity index (χ0v) is 14.2. The fourth-order valence-electron chi connectivity index (χ4n) is 2.80. The van der Waals surface area contributed by atoms with Gasteiger partial charge >= 0.3 is 0 Å². The van der Waals surface area contributed by atoms with E-state index < -0.39 is 0 Å². The van der Waals surface area contributed by atoms with Crippen molar-refractivity contribution in [2.45, 2.75) is 19.3 Å². The van der Waals surface area contributed by atoms with Crippen LogP contribution in [0.25, 0.3) is 0 Å². The maximum absolute atomic E-state index is 12.1. The van der Waals surface area contributed by atoms with E-state index in [1.807, 2.05) is 0 Å². The van der Waals surface area contributed by atoms with Crippen molar-refractivity contribution in [1.82, 2.24) is 4.90 Å². The van der Waals surface area contributed by atoms with Crippen molar-refractivity contribution < 1.29 is 19.1 Å². The molecule has 0 spiro atoms. The molecule has 2 amide bonds. The molecule has 7 heteroatoms. The lowest BCUT2D eigenvalue weighted by Gasteiger charge is -2.30. The molecule has 0 radical (unpaired) electrons. The third kappa shape index (κ3) is 5.13. The molecule has 1 aliphatic heterocycles. The van der Waals surface area contributed by atoms with Gasteiger partial charge in [0, 0.05) is 42.8 Å². The van der Waals surface area contributed by atoms with Crippen LogP contribution in [0.1, 0.15) is 19.3 Å². The lowest BCUT2D eigenvalue weighted by Crippen LogP contribution is -2.39. The summed E-state index contributed by atoms with van der Waals surface area (Å²) < 4.78 is 10.4. The highest BCUT2D eigenvalue weighted by molar-refractivity contribution is 5.91. The van der Waals surface area contributed by atoms with Crippen molar-refractivity contribution in [3.63, 3.8) is 0 Å². The average Bonchev–Trinajstić information content (AvgIpc) is 2.59. The standard InChI is InChI=1S/C17H25N3O4/c1-23-14-9-13(10-15(11-14)24-2)19-16(21)5-8-20-6-3-12(4-7-20)17(18)22/h9-12H,3-8H2,1-2H3,(H2,18,22)(H,19,21). The van der Waals surface area contributed by atoms with Gasteiger partial charge in [0.25, 0.3) is 0 Å². The number of ether oxygens (including phenoxy) is 2. The molecule has 2 rings (SSSR count). The number of piperidine rings is 1. The van der Waals surface area contributed by atoms with Gasteiger partial charge in [-0.05, 0) is 25.9 Å². The molecule has 0 bridgehead atoms. The van der Waals surface area contributed by atoms with Crippen LogP contribution in [-0.4, -0.2) is 50.6 Å². The number of hydrogen-bond donors (Lipinski definition) is 2. The second-order valence-electron chi connectivity index (χ2n) is 5.92. The van der Waals surface area contributed by atoms with E-state index in [-0.39, 0.29) is 17.7 Å². The molecule has 1 heterocycles. The smallest absolute Gasteiger partial charge is 0.225 e. The fourth-order valence-corrected chi connectivity index (χ4v) is 2.80. The van der Waals surface area contributed by atoms with E-state index in [1.165, 1.54) is 0 Å². The normalized spacial score (nSPS) is 15.8. The fraction of sp³-hybridized carbons (Fsp3) is 0.529. The van der Waals surface area contributed by atoms with Crippen LogP contribution in [0.15, 0.2) is 18.2 Å². The summed E-state index contributed by atoms with van der Waals surface area (Å²) >= 11 is 0. The average molecular weight is 335 g/mol. The summed E-state index contributed by atoms with van der Waals surface area (Å²) in [6.07, 6.45) is 1.93. The third-order valence-corrected chi connectivity index (χ3v) is 4.28. The molecule has 1 aromatic rings. The van der Waals surface area contributed by atoms with E-state index >= 15 is 0 Å². The number of hydrogen-bond acceptors (Lipinski definition) is 5. The van der Waals surface area contributed by atoms with E-state index in [2.05, 4.69) is 10.2 Å². The number of primary amides is 1. The van der Waals surface area contributed by atoms with Gasteiger partial charge in [-0.1, -0.05) is 0 Å². The molecule has 0 saturated carbocycles. The first-order valence-corrected chi connectivity index (χ1v) is 8.06. The second kappa shape index (κ2) is 8.54. The zero-order chi connectivity index (χ0) is 17.5. The van der Waals surface area contributed by atoms with Gasteiger partial charge in [-0.15, -0.1) is 0 Å². The molecule has 24 heavy (non-hydrogen) atoms. The Bertz CT molecular complexity index is 561. The van der Waals surface area contributed by atoms with Crippen LogP contribution in [0.4, 0.5) is 5.69 Å². The number of benzene rings is 1. The Morgan fingerprint density at radius 2 is 1.75 bits per heavy atom. The highest BCUT2D eigenvalue weighted by Crippen LogP contribution is 2.26. The molecule has 132 valence electrons. The molecule has 1 fully saturated rings. The number of anilines is 1. The molecule has 1 aliphatic rings. The number of nitrogens with two attached hydrogens (primary N) is 1. The first-order valence-electron chi connectivity index (χ1n) is 8.06. The molecule has 7 nitrogen and oxygen atoms in total. The number of carbonyl (C=O) groups is 2. The van der Waals surface area contributed by atoms with E-state index in [0.29, 0.717) is 30.2 Å². The summed E-state index contributed by atoms with van der Waals surface area (Å²) in [5.41, 5.74) is 5.97. The van der Waals surface area contributed by atoms with Gasteiger partial charge in [0.1, 0.15) is 11.5 Å². The predicted octanol–water partition coefficient (Wildman–Crippen LogP) is 1.23. The van der Waals surface area contributed by atoms with Gasteiger partial charge in [-0.2, -0.15) is 0 Å². The van der Waals surface area contributed by atoms with Gasteiger partial charge in [-0.25, -0.2) is 0 Å². The van der Waals surface area contributed by atoms with Crippen molar-refractivity contribution in [2.75, 3.05) is 39.2 Å². The van der Waals surface area contributed by atoms with Crippen LogP contribution in [0.2, 0.25) is 0 Å². The molecular formula is C17H25N3O4. The number of nitrogens with one attached hydrogen (secondary N) is 1. The molecule has 0 aromatic heterocycles. The van der Waals surface area contributed by atoms with Crippen LogP contribution < -0.4 is 20.5 Å². The summed E-state index contributed by atoms with van der Waals surface area (Å²) in [7, 11) is 3.13. The predicted molar refractivity (Wildman–Crippen MR) is 91.2 cm³/mol. The lowest BCUT2D eigenvalue weighted by molar-refractivity contribution is -0.123. The van der Waals surface area contributed by atoms with E-state index in [9.17, 15) is 9.59 Å². The second-order valence-corrected chi connectivity index (χ2v) is 5.92. The number of nitrogens with zero attached hydrogens (tertiary/aromatic N) is 1. The maximum atomic E-state index is 12.1. The Hall–Kier alpha value is -2.28. The Labute approximate surface area is 142 Å². The van der Waals surface area contributed by atoms with Crippen LogP contribution >= 0.6 is 0 Å². The topological polar surface area (TPSA) is 93.9 Å². The van der Waals surface area contributed by atoms with Gasteiger partial charge in [0.15, 0.2) is 0 Å². The Morgan fingerprint density at radius 3 is 2.25 bits per heavy atom. The zero-order valence-electron chi connectivity index (χ0n) is 14.2. The van der Waals surface area contributed by atoms with Crippen LogP contribution in [0.5, 0.6) is 11.5 Å². The van der Waals surface area contributed by atoms with Gasteiger partial charge in [0.05, 0.1) is 14.2 Å². The minimum absolute atomic E-state index is 0.0284. The number of carbonyl (C=O) groups excluding carboxylic acids is 2. The van der Waals surface area contributed by atoms with E-state index in [1.54, 1.807) is 32.4 Å². The summed E-state index contributed by atoms with van der Waals surface area (Å²) in [6, 6.07) is 5.25. The third-order valence-electron chi connectivity index (χ3n) is 4.28. The van der Waals surface area contributed by atoms with Crippen molar-refractivity contribution in [2.24, 2.45) is 11.7 Å². The van der Waals surface area contributed by atoms with Gasteiger partial charge in [0.2, 0.25) is 11.8 Å². The van der Waals surface area contributed by atoms with Crippen molar-refractivity contribution in [1.29, 1.82) is 0 Å². The van der Waals surface area contributed by atoms with Crippen molar-refractivity contribution in [3.05, 3.63) is 18.2 Å². The minimum Gasteiger partial charge on any atom is -0.497 e. The summed E-state index contributed by atoms with van der Waals surface area (Å²) in [5, 5.41) is 2.86. The van der Waals surface area contributed by atoms with Gasteiger partial charge < -0.3 is 25.4 Å². The van der Waals surface area contributed by atoms with Crippen molar-refractivity contribution >= 4 is 17.5 Å². The summed E-state index contributed by atoms with van der Waals surface area (Å²) in [5.74, 6) is 0.928. The highest BCUT2D eigenvalue weighted by Gasteiger charge is 2.23. The minimum atomic E-state index is -0.223. The van der Waals surface area contributed by atoms with Crippen LogP contribution in [-0.2, 0) is 9.59 Å². The number of amides is 2. The first kappa shape index (κ1) is 18.1. The molecule has 0 aliphatic carbocycles. The molecule has 0 unspecified atom stereocenters. The SMILES string of the molecule is COc1cc(NC(=O)CCN2CCC(C(N)=O)CC2)cc(OC)c1. The van der Waals surface area contributed by atoms with Crippen molar-refractivity contribution in [3.8, 4) is 11.5 Å². The first-order chi connectivity index (χ1) is 11.5. The molecule has 1 aromatic carbocycles. The Morgan fingerprint density at radius 1 is 1.17 bits per heavy atom. The monoisotopic (exact) mass is 335 g/mol. The molecule has 1 saturated heterocycles. The van der Waals surface area contributed by atoms with Gasteiger partial charge in [-0.3, -0.25) is 9.59 Å². The Balaban J connectivity index is 1.80. The quantitative estimate of drug-likeness (QED) is 0.782. The molecular weight excluding hydrogens is 310 g/mol. The Kier molecular flexibility index (Phi) is 6.43. The molecule has 3 N–H and O–H groups in total. The van der Waals surface area contributed by atoms with E-state index in [4.69, 9.17) is 15.2 Å². The molecule has 0 atom stereocenters. The van der Waals surface area contributed by atoms with Crippen LogP contribution in [0, 0.1) is 5.92 Å².